The van der Waals surface area contributed by atoms with E-state index in [4.69, 9.17) is 5.11 Å². The summed E-state index contributed by atoms with van der Waals surface area (Å²) in [4.78, 5) is 4.07. The molecule has 0 atom stereocenters. The fourth-order valence-electron chi connectivity index (χ4n) is 1.86. The summed E-state index contributed by atoms with van der Waals surface area (Å²) in [6.07, 6.45) is 4.56. The lowest BCUT2D eigenvalue weighted by Crippen LogP contribution is -2.35. The van der Waals surface area contributed by atoms with Gasteiger partial charge in [0.1, 0.15) is 4.90 Å². The summed E-state index contributed by atoms with van der Waals surface area (Å²) in [7, 11) is -3.64. The van der Waals surface area contributed by atoms with E-state index < -0.39 is 10.0 Å². The van der Waals surface area contributed by atoms with Crippen LogP contribution >= 0.6 is 0 Å². The molecule has 6 nitrogen and oxygen atoms in total. The molecule has 0 aliphatic rings. The third kappa shape index (κ3) is 4.16. The van der Waals surface area contributed by atoms with E-state index in [0.29, 0.717) is 18.8 Å². The number of unbranched alkanes of at least 4 members (excludes halogenated alkanes) is 1. The van der Waals surface area contributed by atoms with Crippen LogP contribution in [0.4, 0.5) is 5.69 Å². The first-order valence-corrected chi connectivity index (χ1v) is 8.30. The molecular weight excluding hydrogens is 278 g/mol. The summed E-state index contributed by atoms with van der Waals surface area (Å²) in [5.41, 5.74) is 0.543. The Morgan fingerprint density at radius 1 is 1.35 bits per heavy atom. The molecule has 1 heterocycles. The van der Waals surface area contributed by atoms with Crippen molar-refractivity contribution in [2.75, 3.05) is 31.6 Å². The van der Waals surface area contributed by atoms with Crippen molar-refractivity contribution in [1.82, 2.24) is 9.29 Å². The molecule has 0 saturated carbocycles. The first-order valence-electron chi connectivity index (χ1n) is 6.86. The van der Waals surface area contributed by atoms with E-state index in [1.54, 1.807) is 12.3 Å². The molecule has 0 spiro atoms. The van der Waals surface area contributed by atoms with Crippen LogP contribution in [-0.4, -0.2) is 49.1 Å². The number of nitrogens with one attached hydrogen (secondary N) is 1. The summed E-state index contributed by atoms with van der Waals surface area (Å²) in [6, 6.07) is 1.65. The zero-order valence-corrected chi connectivity index (χ0v) is 12.9. The molecule has 1 aromatic rings. The van der Waals surface area contributed by atoms with Gasteiger partial charge in [0.25, 0.3) is 0 Å². The van der Waals surface area contributed by atoms with Gasteiger partial charge in [-0.15, -0.1) is 0 Å². The second-order valence-electron chi connectivity index (χ2n) is 4.38. The van der Waals surface area contributed by atoms with Gasteiger partial charge in [-0.25, -0.2) is 8.42 Å². The highest BCUT2D eigenvalue weighted by atomic mass is 32.2. The molecule has 0 fully saturated rings. The van der Waals surface area contributed by atoms with Crippen LogP contribution in [0.3, 0.4) is 0 Å². The maximum absolute atomic E-state index is 12.7. The highest BCUT2D eigenvalue weighted by molar-refractivity contribution is 7.89. The number of hydrogen-bond acceptors (Lipinski definition) is 5. The summed E-state index contributed by atoms with van der Waals surface area (Å²) >= 11 is 0. The van der Waals surface area contributed by atoms with Crippen molar-refractivity contribution in [3.63, 3.8) is 0 Å². The van der Waals surface area contributed by atoms with Crippen LogP contribution < -0.4 is 5.32 Å². The lowest BCUT2D eigenvalue weighted by molar-refractivity contribution is 0.252. The molecule has 2 N–H and O–H groups in total. The Balaban J connectivity index is 3.11. The van der Waals surface area contributed by atoms with Gasteiger partial charge in [-0.1, -0.05) is 13.3 Å². The number of nitrogens with zero attached hydrogens (tertiary/aromatic N) is 2. The van der Waals surface area contributed by atoms with Gasteiger partial charge < -0.3 is 10.4 Å². The van der Waals surface area contributed by atoms with Crippen LogP contribution in [0.2, 0.25) is 0 Å². The lowest BCUT2D eigenvalue weighted by atomic mass is 10.3. The van der Waals surface area contributed by atoms with Gasteiger partial charge in [0.2, 0.25) is 10.0 Å². The molecule has 20 heavy (non-hydrogen) atoms. The fourth-order valence-corrected chi connectivity index (χ4v) is 3.44. The highest BCUT2D eigenvalue weighted by Gasteiger charge is 2.26. The minimum Gasteiger partial charge on any atom is -0.395 e. The van der Waals surface area contributed by atoms with E-state index in [9.17, 15) is 8.42 Å². The molecule has 1 aromatic heterocycles. The summed E-state index contributed by atoms with van der Waals surface area (Å²) < 4.78 is 26.6. The normalized spacial score (nSPS) is 11.8. The molecule has 0 aliphatic heterocycles. The van der Waals surface area contributed by atoms with Crippen molar-refractivity contribution < 1.29 is 13.5 Å². The van der Waals surface area contributed by atoms with Crippen LogP contribution in [0.1, 0.15) is 26.7 Å². The summed E-state index contributed by atoms with van der Waals surface area (Å²) in [6.45, 7) is 4.83. The molecule has 0 saturated heterocycles. The molecule has 0 radical (unpaired) electrons. The highest BCUT2D eigenvalue weighted by Crippen LogP contribution is 2.23. The average Bonchev–Trinajstić information content (AvgIpc) is 2.44. The standard InChI is InChI=1S/C13H23N3O3S/c1-3-5-8-16(9-10-17)20(18,19)13-11-14-7-6-12(13)15-4-2/h6-7,11,17H,3-5,8-10H2,1-2H3,(H,14,15). The van der Waals surface area contributed by atoms with Crippen molar-refractivity contribution in [2.24, 2.45) is 0 Å². The van der Waals surface area contributed by atoms with Crippen LogP contribution in [0, 0.1) is 0 Å². The number of hydrogen-bond donors (Lipinski definition) is 2. The zero-order chi connectivity index (χ0) is 15.0. The Morgan fingerprint density at radius 3 is 2.70 bits per heavy atom. The summed E-state index contributed by atoms with van der Waals surface area (Å²) in [5.74, 6) is 0. The second kappa shape index (κ2) is 8.18. The quantitative estimate of drug-likeness (QED) is 0.718. The number of pyridine rings is 1. The van der Waals surface area contributed by atoms with E-state index in [2.05, 4.69) is 10.3 Å². The van der Waals surface area contributed by atoms with Crippen LogP contribution in [-0.2, 0) is 10.0 Å². The van der Waals surface area contributed by atoms with Crippen molar-refractivity contribution in [1.29, 1.82) is 0 Å². The molecule has 7 heteroatoms. The van der Waals surface area contributed by atoms with Crippen molar-refractivity contribution in [3.05, 3.63) is 18.5 Å². The van der Waals surface area contributed by atoms with Crippen molar-refractivity contribution >= 4 is 15.7 Å². The fraction of sp³-hybridized carbons (Fsp3) is 0.615. The van der Waals surface area contributed by atoms with Crippen LogP contribution in [0.15, 0.2) is 23.4 Å². The van der Waals surface area contributed by atoms with Crippen LogP contribution in [0.5, 0.6) is 0 Å². The third-order valence-electron chi connectivity index (χ3n) is 2.88. The van der Waals surface area contributed by atoms with E-state index in [0.717, 1.165) is 12.8 Å². The van der Waals surface area contributed by atoms with Crippen molar-refractivity contribution in [3.8, 4) is 0 Å². The Labute approximate surface area is 120 Å². The first kappa shape index (κ1) is 16.9. The Bertz CT molecular complexity index is 505. The lowest BCUT2D eigenvalue weighted by Gasteiger charge is -2.22. The predicted molar refractivity (Wildman–Crippen MR) is 79.2 cm³/mol. The smallest absolute Gasteiger partial charge is 0.246 e. The third-order valence-corrected chi connectivity index (χ3v) is 4.81. The predicted octanol–water partition coefficient (Wildman–Crippen LogP) is 1.30. The molecule has 0 amide bonds. The van der Waals surface area contributed by atoms with Gasteiger partial charge in [0, 0.05) is 32.0 Å². The topological polar surface area (TPSA) is 82.5 Å². The molecular formula is C13H23N3O3S. The van der Waals surface area contributed by atoms with Gasteiger partial charge >= 0.3 is 0 Å². The minimum atomic E-state index is -3.64. The largest absolute Gasteiger partial charge is 0.395 e. The second-order valence-corrected chi connectivity index (χ2v) is 6.29. The summed E-state index contributed by atoms with van der Waals surface area (Å²) in [5, 5.41) is 12.1. The maximum Gasteiger partial charge on any atom is 0.246 e. The van der Waals surface area contributed by atoms with E-state index in [1.807, 2.05) is 13.8 Å². The number of rotatable bonds is 9. The molecule has 0 aromatic carbocycles. The first-order chi connectivity index (χ1) is 9.57. The molecule has 0 aliphatic carbocycles. The van der Waals surface area contributed by atoms with E-state index >= 15 is 0 Å². The number of aliphatic hydroxyl groups excluding tert-OH is 1. The number of aliphatic hydroxyl groups is 1. The SMILES string of the molecule is CCCCN(CCO)S(=O)(=O)c1cnccc1NCC. The molecule has 114 valence electrons. The van der Waals surface area contributed by atoms with Gasteiger partial charge in [-0.2, -0.15) is 4.31 Å². The molecule has 1 rings (SSSR count). The molecule has 0 bridgehead atoms. The average molecular weight is 301 g/mol. The number of aromatic nitrogens is 1. The number of sulfonamides is 1. The zero-order valence-electron chi connectivity index (χ0n) is 12.0. The monoisotopic (exact) mass is 301 g/mol. The maximum atomic E-state index is 12.7. The Hall–Kier alpha value is -1.18. The Kier molecular flexibility index (Phi) is 6.90. The van der Waals surface area contributed by atoms with E-state index in [1.165, 1.54) is 10.5 Å². The van der Waals surface area contributed by atoms with Gasteiger partial charge in [0.15, 0.2) is 0 Å². The minimum absolute atomic E-state index is 0.1000. The van der Waals surface area contributed by atoms with Gasteiger partial charge in [-0.05, 0) is 19.4 Å². The van der Waals surface area contributed by atoms with Gasteiger partial charge in [-0.3, -0.25) is 4.98 Å². The molecule has 0 unspecified atom stereocenters. The van der Waals surface area contributed by atoms with Gasteiger partial charge in [0.05, 0.1) is 12.3 Å². The van der Waals surface area contributed by atoms with E-state index in [-0.39, 0.29) is 18.0 Å². The van der Waals surface area contributed by atoms with Crippen LogP contribution in [0.25, 0.3) is 0 Å². The van der Waals surface area contributed by atoms with Crippen molar-refractivity contribution in [2.45, 2.75) is 31.6 Å². The number of anilines is 1. The Morgan fingerprint density at radius 2 is 2.10 bits per heavy atom.